The van der Waals surface area contributed by atoms with E-state index in [1.807, 2.05) is 43.3 Å². The molecule has 0 spiro atoms. The second-order valence-electron chi connectivity index (χ2n) is 7.35. The molecule has 1 heterocycles. The standard InChI is InChI=1S/C22H28ClN3O/c1-25(2)21(18-8-10-19(23)11-9-18)22(27)24-16-17-6-12-20(13-7-17)26-14-4-3-5-15-26/h6-13,21H,3-5,14-16H2,1-2H3,(H,24,27). The minimum Gasteiger partial charge on any atom is -0.372 e. The van der Waals surface area contributed by atoms with Gasteiger partial charge in [0.1, 0.15) is 6.04 Å². The number of likely N-dealkylation sites (N-methyl/N-ethyl adjacent to an activating group) is 1. The van der Waals surface area contributed by atoms with Crippen LogP contribution in [-0.2, 0) is 11.3 Å². The van der Waals surface area contributed by atoms with Gasteiger partial charge in [-0.1, -0.05) is 35.9 Å². The third-order valence-electron chi connectivity index (χ3n) is 5.07. The summed E-state index contributed by atoms with van der Waals surface area (Å²) in [5, 5.41) is 3.74. The van der Waals surface area contributed by atoms with Gasteiger partial charge in [-0.05, 0) is 68.8 Å². The van der Waals surface area contributed by atoms with Gasteiger partial charge < -0.3 is 10.2 Å². The smallest absolute Gasteiger partial charge is 0.242 e. The molecule has 2 aromatic carbocycles. The van der Waals surface area contributed by atoms with E-state index in [0.717, 1.165) is 24.2 Å². The van der Waals surface area contributed by atoms with E-state index in [2.05, 4.69) is 34.5 Å². The van der Waals surface area contributed by atoms with Gasteiger partial charge in [0.05, 0.1) is 0 Å². The maximum absolute atomic E-state index is 12.8. The summed E-state index contributed by atoms with van der Waals surface area (Å²) in [6.45, 7) is 2.81. The van der Waals surface area contributed by atoms with Crippen LogP contribution in [0.4, 0.5) is 5.69 Å². The fourth-order valence-electron chi connectivity index (χ4n) is 3.59. The molecule has 0 radical (unpaired) electrons. The lowest BCUT2D eigenvalue weighted by Gasteiger charge is -2.29. The van der Waals surface area contributed by atoms with Crippen molar-refractivity contribution in [1.82, 2.24) is 10.2 Å². The van der Waals surface area contributed by atoms with Crippen molar-refractivity contribution >= 4 is 23.2 Å². The number of hydrogen-bond donors (Lipinski definition) is 1. The lowest BCUT2D eigenvalue weighted by Crippen LogP contribution is -2.36. The van der Waals surface area contributed by atoms with Gasteiger partial charge in [0.25, 0.3) is 0 Å². The van der Waals surface area contributed by atoms with Crippen molar-refractivity contribution in [3.63, 3.8) is 0 Å². The minimum atomic E-state index is -0.338. The predicted octanol–water partition coefficient (Wildman–Crippen LogP) is 4.25. The molecule has 27 heavy (non-hydrogen) atoms. The van der Waals surface area contributed by atoms with Gasteiger partial charge in [-0.3, -0.25) is 9.69 Å². The number of halogens is 1. The summed E-state index contributed by atoms with van der Waals surface area (Å²) in [7, 11) is 3.82. The van der Waals surface area contributed by atoms with Crippen molar-refractivity contribution in [2.75, 3.05) is 32.1 Å². The van der Waals surface area contributed by atoms with E-state index in [0.29, 0.717) is 11.6 Å². The maximum Gasteiger partial charge on any atom is 0.242 e. The Morgan fingerprint density at radius 2 is 1.67 bits per heavy atom. The first kappa shape index (κ1) is 19.7. The molecule has 5 heteroatoms. The summed E-state index contributed by atoms with van der Waals surface area (Å²) >= 11 is 5.97. The van der Waals surface area contributed by atoms with Crippen LogP contribution in [0.5, 0.6) is 0 Å². The van der Waals surface area contributed by atoms with E-state index in [1.54, 1.807) is 0 Å². The zero-order valence-electron chi connectivity index (χ0n) is 16.1. The van der Waals surface area contributed by atoms with Gasteiger partial charge in [-0.15, -0.1) is 0 Å². The highest BCUT2D eigenvalue weighted by Crippen LogP contribution is 2.22. The summed E-state index contributed by atoms with van der Waals surface area (Å²) in [5.41, 5.74) is 3.32. The lowest BCUT2D eigenvalue weighted by molar-refractivity contribution is -0.125. The SMILES string of the molecule is CN(C)C(C(=O)NCc1ccc(N2CCCCC2)cc1)c1ccc(Cl)cc1. The van der Waals surface area contributed by atoms with E-state index in [9.17, 15) is 4.79 Å². The molecule has 1 aliphatic heterocycles. The Hall–Kier alpha value is -2.04. The van der Waals surface area contributed by atoms with E-state index in [4.69, 9.17) is 11.6 Å². The average Bonchev–Trinajstić information content (AvgIpc) is 2.69. The van der Waals surface area contributed by atoms with Crippen LogP contribution in [0.15, 0.2) is 48.5 Å². The number of piperidine rings is 1. The van der Waals surface area contributed by atoms with Crippen LogP contribution in [0.25, 0.3) is 0 Å². The lowest BCUT2D eigenvalue weighted by atomic mass is 10.0. The first-order valence-electron chi connectivity index (χ1n) is 9.58. The Morgan fingerprint density at radius 1 is 1.04 bits per heavy atom. The molecule has 1 atom stereocenters. The number of carbonyl (C=O) groups excluding carboxylic acids is 1. The summed E-state index contributed by atoms with van der Waals surface area (Å²) < 4.78 is 0. The quantitative estimate of drug-likeness (QED) is 0.807. The fraction of sp³-hybridized carbons (Fsp3) is 0.409. The maximum atomic E-state index is 12.8. The van der Waals surface area contributed by atoms with Crippen molar-refractivity contribution in [3.05, 3.63) is 64.7 Å². The number of hydrogen-bond acceptors (Lipinski definition) is 3. The molecule has 2 aromatic rings. The van der Waals surface area contributed by atoms with Crippen LogP contribution in [0.1, 0.15) is 36.4 Å². The van der Waals surface area contributed by atoms with Gasteiger partial charge in [-0.25, -0.2) is 0 Å². The Balaban J connectivity index is 1.60. The highest BCUT2D eigenvalue weighted by molar-refractivity contribution is 6.30. The molecular weight excluding hydrogens is 358 g/mol. The summed E-state index contributed by atoms with van der Waals surface area (Å²) in [5.74, 6) is -0.0116. The van der Waals surface area contributed by atoms with E-state index < -0.39 is 0 Å². The molecule has 144 valence electrons. The third-order valence-corrected chi connectivity index (χ3v) is 5.33. The number of benzene rings is 2. The van der Waals surface area contributed by atoms with Gasteiger partial charge in [0.2, 0.25) is 5.91 Å². The van der Waals surface area contributed by atoms with Crippen LogP contribution in [-0.4, -0.2) is 38.0 Å². The summed E-state index contributed by atoms with van der Waals surface area (Å²) in [4.78, 5) is 17.1. The second-order valence-corrected chi connectivity index (χ2v) is 7.79. The Bertz CT molecular complexity index is 737. The van der Waals surface area contributed by atoms with Gasteiger partial charge >= 0.3 is 0 Å². The zero-order valence-corrected chi connectivity index (χ0v) is 16.9. The molecule has 0 saturated carbocycles. The normalized spacial score (nSPS) is 15.6. The highest BCUT2D eigenvalue weighted by Gasteiger charge is 2.22. The van der Waals surface area contributed by atoms with Crippen molar-refractivity contribution in [2.45, 2.75) is 31.8 Å². The molecular formula is C22H28ClN3O. The fourth-order valence-corrected chi connectivity index (χ4v) is 3.72. The molecule has 0 aromatic heterocycles. The largest absolute Gasteiger partial charge is 0.372 e. The van der Waals surface area contributed by atoms with Crippen molar-refractivity contribution in [2.24, 2.45) is 0 Å². The topological polar surface area (TPSA) is 35.6 Å². The molecule has 1 saturated heterocycles. The molecule has 1 fully saturated rings. The minimum absolute atomic E-state index is 0.0116. The zero-order chi connectivity index (χ0) is 19.2. The van der Waals surface area contributed by atoms with Crippen LogP contribution < -0.4 is 10.2 Å². The van der Waals surface area contributed by atoms with Gasteiger partial charge in [-0.2, -0.15) is 0 Å². The molecule has 0 bridgehead atoms. The molecule has 1 N–H and O–H groups in total. The number of amides is 1. The number of nitrogens with zero attached hydrogens (tertiary/aromatic N) is 2. The number of carbonyl (C=O) groups is 1. The van der Waals surface area contributed by atoms with Crippen LogP contribution in [0.3, 0.4) is 0 Å². The molecule has 1 aliphatic rings. The number of anilines is 1. The predicted molar refractivity (Wildman–Crippen MR) is 112 cm³/mol. The molecule has 0 aliphatic carbocycles. The molecule has 3 rings (SSSR count). The molecule has 4 nitrogen and oxygen atoms in total. The van der Waals surface area contributed by atoms with Crippen molar-refractivity contribution in [3.8, 4) is 0 Å². The summed E-state index contributed by atoms with van der Waals surface area (Å²) in [6, 6.07) is 15.6. The Morgan fingerprint density at radius 3 is 2.26 bits per heavy atom. The summed E-state index contributed by atoms with van der Waals surface area (Å²) in [6.07, 6.45) is 3.88. The van der Waals surface area contributed by atoms with E-state index in [-0.39, 0.29) is 11.9 Å². The van der Waals surface area contributed by atoms with Gasteiger partial charge in [0.15, 0.2) is 0 Å². The molecule has 1 unspecified atom stereocenters. The number of rotatable bonds is 6. The Labute approximate surface area is 167 Å². The van der Waals surface area contributed by atoms with E-state index >= 15 is 0 Å². The first-order chi connectivity index (χ1) is 13.0. The van der Waals surface area contributed by atoms with E-state index in [1.165, 1.54) is 24.9 Å². The third kappa shape index (κ3) is 5.24. The van der Waals surface area contributed by atoms with Crippen molar-refractivity contribution < 1.29 is 4.79 Å². The average molecular weight is 386 g/mol. The highest BCUT2D eigenvalue weighted by atomic mass is 35.5. The first-order valence-corrected chi connectivity index (χ1v) is 9.96. The van der Waals surface area contributed by atoms with Gasteiger partial charge in [0, 0.05) is 30.3 Å². The van der Waals surface area contributed by atoms with Crippen molar-refractivity contribution in [1.29, 1.82) is 0 Å². The Kier molecular flexibility index (Phi) is 6.75. The number of nitrogens with one attached hydrogen (secondary N) is 1. The monoisotopic (exact) mass is 385 g/mol. The molecule has 1 amide bonds. The van der Waals surface area contributed by atoms with Crippen LogP contribution in [0.2, 0.25) is 5.02 Å². The second kappa shape index (κ2) is 9.25. The van der Waals surface area contributed by atoms with Crippen LogP contribution in [0, 0.1) is 0 Å². The van der Waals surface area contributed by atoms with Crippen LogP contribution >= 0.6 is 11.6 Å².